The van der Waals surface area contributed by atoms with Gasteiger partial charge in [0.15, 0.2) is 17.2 Å². The van der Waals surface area contributed by atoms with E-state index in [1.54, 1.807) is 13.3 Å². The molecule has 0 aliphatic heterocycles. The molecule has 2 aromatic carbocycles. The maximum atomic E-state index is 13.1. The van der Waals surface area contributed by atoms with Crippen LogP contribution in [0.5, 0.6) is 11.5 Å². The number of aromatic nitrogens is 2. The van der Waals surface area contributed by atoms with Gasteiger partial charge in [0, 0.05) is 18.5 Å². The van der Waals surface area contributed by atoms with E-state index in [1.165, 1.54) is 7.11 Å². The Balaban J connectivity index is 1.70. The zero-order valence-electron chi connectivity index (χ0n) is 23.6. The molecule has 0 radical (unpaired) electrons. The molecule has 0 saturated heterocycles. The molecule has 0 aliphatic rings. The van der Waals surface area contributed by atoms with Crippen LogP contribution in [0.15, 0.2) is 60.8 Å². The van der Waals surface area contributed by atoms with Crippen LogP contribution in [0.4, 0.5) is 11.4 Å². The molecule has 9 heteroatoms. The van der Waals surface area contributed by atoms with Gasteiger partial charge in [0.05, 0.1) is 44.8 Å². The quantitative estimate of drug-likeness (QED) is 0.221. The Kier molecular flexibility index (Phi) is 9.27. The second-order valence-electron chi connectivity index (χ2n) is 9.80. The summed E-state index contributed by atoms with van der Waals surface area (Å²) in [5, 5.41) is 7.03. The van der Waals surface area contributed by atoms with Crippen molar-refractivity contribution in [2.24, 2.45) is 5.92 Å². The fraction of sp³-hybridized carbons (Fsp3) is 0.323. The molecule has 0 spiro atoms. The van der Waals surface area contributed by atoms with Gasteiger partial charge in [-0.15, -0.1) is 0 Å². The van der Waals surface area contributed by atoms with Gasteiger partial charge in [-0.1, -0.05) is 50.2 Å². The monoisotopic (exact) mass is 544 g/mol. The number of ether oxygens (including phenoxy) is 3. The highest BCUT2D eigenvalue weighted by Gasteiger charge is 2.26. The molecule has 0 saturated carbocycles. The first-order chi connectivity index (χ1) is 19.3. The average molecular weight is 545 g/mol. The van der Waals surface area contributed by atoms with E-state index in [-0.39, 0.29) is 23.9 Å². The topological polar surface area (TPSA) is 104 Å². The van der Waals surface area contributed by atoms with Gasteiger partial charge in [-0.05, 0) is 42.2 Å². The number of carbonyl (C=O) groups is 2. The van der Waals surface area contributed by atoms with Gasteiger partial charge in [-0.25, -0.2) is 9.78 Å². The molecule has 0 aliphatic carbocycles. The highest BCUT2D eigenvalue weighted by molar-refractivity contribution is 6.11. The van der Waals surface area contributed by atoms with Gasteiger partial charge in [-0.2, -0.15) is 0 Å². The van der Waals surface area contributed by atoms with E-state index in [1.807, 2.05) is 66.1 Å². The van der Waals surface area contributed by atoms with E-state index >= 15 is 0 Å². The number of benzene rings is 2. The predicted molar refractivity (Wildman–Crippen MR) is 156 cm³/mol. The van der Waals surface area contributed by atoms with Crippen LogP contribution in [-0.2, 0) is 29.0 Å². The summed E-state index contributed by atoms with van der Waals surface area (Å²) < 4.78 is 18.1. The molecule has 2 heterocycles. The Bertz CT molecular complexity index is 1480. The minimum atomic E-state index is -0.537. The van der Waals surface area contributed by atoms with E-state index in [2.05, 4.69) is 24.5 Å². The second kappa shape index (κ2) is 13.0. The molecule has 0 atom stereocenters. The van der Waals surface area contributed by atoms with E-state index in [0.29, 0.717) is 47.9 Å². The molecule has 4 aromatic rings. The Morgan fingerprint density at radius 2 is 1.77 bits per heavy atom. The van der Waals surface area contributed by atoms with Crippen LogP contribution in [0.25, 0.3) is 11.0 Å². The van der Waals surface area contributed by atoms with E-state index < -0.39 is 5.97 Å². The van der Waals surface area contributed by atoms with Crippen molar-refractivity contribution >= 4 is 34.3 Å². The van der Waals surface area contributed by atoms with Crippen molar-refractivity contribution in [2.75, 3.05) is 31.5 Å². The normalized spacial score (nSPS) is 10.9. The molecule has 0 bridgehead atoms. The van der Waals surface area contributed by atoms with Gasteiger partial charge < -0.3 is 29.4 Å². The molecular formula is C31H36N4O5. The maximum Gasteiger partial charge on any atom is 0.356 e. The molecule has 210 valence electrons. The van der Waals surface area contributed by atoms with E-state index in [4.69, 9.17) is 19.2 Å². The highest BCUT2D eigenvalue weighted by Crippen LogP contribution is 2.34. The summed E-state index contributed by atoms with van der Waals surface area (Å²) in [6.45, 7) is 7.60. The number of fused-ring (bicyclic) bond motifs is 1. The largest absolute Gasteiger partial charge is 0.493 e. The number of hydrogen-bond donors (Lipinski definition) is 2. The van der Waals surface area contributed by atoms with Gasteiger partial charge in [0.25, 0.3) is 0 Å². The van der Waals surface area contributed by atoms with Crippen LogP contribution >= 0.6 is 0 Å². The van der Waals surface area contributed by atoms with E-state index in [9.17, 15) is 9.59 Å². The summed E-state index contributed by atoms with van der Waals surface area (Å²) in [7, 11) is 2.95. The Labute approximate surface area is 234 Å². The molecular weight excluding hydrogens is 508 g/mol. The minimum absolute atomic E-state index is 0.170. The fourth-order valence-corrected chi connectivity index (χ4v) is 4.57. The molecule has 0 fully saturated rings. The highest BCUT2D eigenvalue weighted by atomic mass is 16.5. The summed E-state index contributed by atoms with van der Waals surface area (Å²) in [4.78, 5) is 30.8. The number of pyridine rings is 1. The van der Waals surface area contributed by atoms with Crippen molar-refractivity contribution in [3.63, 3.8) is 0 Å². The van der Waals surface area contributed by atoms with Crippen LogP contribution < -0.4 is 20.1 Å². The van der Waals surface area contributed by atoms with Crippen molar-refractivity contribution in [2.45, 2.75) is 40.3 Å². The molecule has 4 rings (SSSR count). The first-order valence-electron chi connectivity index (χ1n) is 13.3. The third-order valence-electron chi connectivity index (χ3n) is 6.32. The van der Waals surface area contributed by atoms with Crippen molar-refractivity contribution in [1.82, 2.24) is 9.55 Å². The summed E-state index contributed by atoms with van der Waals surface area (Å²) in [6, 6.07) is 17.1. The summed E-state index contributed by atoms with van der Waals surface area (Å²) >= 11 is 0. The second-order valence-corrected chi connectivity index (χ2v) is 9.80. The fourth-order valence-electron chi connectivity index (χ4n) is 4.57. The standard InChI is InChI=1S/C31H36N4O5/c1-6-40-26-14-22(12-13-25(26)38-4)17-32-23-16-24-28(34-27(36)15-21-10-8-7-9-11-21)29(31(37)39-5)35(19-20(2)3)30(24)33-18-23/h7-14,16,18,20,32H,6,15,17,19H2,1-5H3,(H,34,36). The number of amides is 1. The third-order valence-corrected chi connectivity index (χ3v) is 6.32. The van der Waals surface area contributed by atoms with Crippen molar-refractivity contribution in [3.8, 4) is 11.5 Å². The zero-order chi connectivity index (χ0) is 28.6. The van der Waals surface area contributed by atoms with Crippen LogP contribution in [0.2, 0.25) is 0 Å². The summed E-state index contributed by atoms with van der Waals surface area (Å²) in [5.74, 6) is 0.798. The Morgan fingerprint density at radius 1 is 1.00 bits per heavy atom. The molecule has 2 aromatic heterocycles. The average Bonchev–Trinajstić information content (AvgIpc) is 3.23. The smallest absolute Gasteiger partial charge is 0.356 e. The van der Waals surface area contributed by atoms with Crippen LogP contribution in [0.1, 0.15) is 42.4 Å². The van der Waals surface area contributed by atoms with Crippen LogP contribution in [0, 0.1) is 5.92 Å². The lowest BCUT2D eigenvalue weighted by atomic mass is 10.1. The Morgan fingerprint density at radius 3 is 2.45 bits per heavy atom. The lowest BCUT2D eigenvalue weighted by molar-refractivity contribution is -0.115. The molecule has 1 amide bonds. The molecule has 9 nitrogen and oxygen atoms in total. The number of nitrogens with one attached hydrogen (secondary N) is 2. The number of rotatable bonds is 12. The maximum absolute atomic E-state index is 13.1. The van der Waals surface area contributed by atoms with Crippen molar-refractivity contribution < 1.29 is 23.8 Å². The first-order valence-corrected chi connectivity index (χ1v) is 13.3. The van der Waals surface area contributed by atoms with Crippen molar-refractivity contribution in [3.05, 3.63) is 77.6 Å². The summed E-state index contributed by atoms with van der Waals surface area (Å²) in [5.41, 5.74) is 3.86. The Hall–Kier alpha value is -4.53. The number of nitrogens with zero attached hydrogens (tertiary/aromatic N) is 2. The lowest BCUT2D eigenvalue weighted by Crippen LogP contribution is -2.19. The van der Waals surface area contributed by atoms with Gasteiger partial charge in [0.2, 0.25) is 5.91 Å². The van der Waals surface area contributed by atoms with Gasteiger partial charge in [0.1, 0.15) is 5.65 Å². The number of anilines is 2. The number of carbonyl (C=O) groups excluding carboxylic acids is 2. The molecule has 2 N–H and O–H groups in total. The van der Waals surface area contributed by atoms with E-state index in [0.717, 1.165) is 16.8 Å². The molecule has 0 unspecified atom stereocenters. The van der Waals surface area contributed by atoms with Gasteiger partial charge in [-0.3, -0.25) is 4.79 Å². The zero-order valence-corrected chi connectivity index (χ0v) is 23.6. The minimum Gasteiger partial charge on any atom is -0.493 e. The number of esters is 1. The summed E-state index contributed by atoms with van der Waals surface area (Å²) in [6.07, 6.45) is 1.89. The van der Waals surface area contributed by atoms with Crippen molar-refractivity contribution in [1.29, 1.82) is 0 Å². The third kappa shape index (κ3) is 6.54. The first kappa shape index (κ1) is 28.5. The van der Waals surface area contributed by atoms with Crippen LogP contribution in [-0.4, -0.2) is 42.3 Å². The lowest BCUT2D eigenvalue weighted by Gasteiger charge is -2.13. The molecule has 40 heavy (non-hydrogen) atoms. The SMILES string of the molecule is CCOc1cc(CNc2cnc3c(c2)c(NC(=O)Cc2ccccc2)c(C(=O)OC)n3CC(C)C)ccc1OC. The predicted octanol–water partition coefficient (Wildman–Crippen LogP) is 5.68. The number of hydrogen-bond acceptors (Lipinski definition) is 7. The van der Waals surface area contributed by atoms with Crippen LogP contribution in [0.3, 0.4) is 0 Å². The van der Waals surface area contributed by atoms with Gasteiger partial charge >= 0.3 is 5.97 Å². The number of methoxy groups -OCH3 is 2.